The Labute approximate surface area is 165 Å². The van der Waals surface area contributed by atoms with E-state index in [4.69, 9.17) is 11.6 Å². The molecular weight excluding hydrogens is 384 g/mol. The Hall–Kier alpha value is -1.89. The van der Waals surface area contributed by atoms with Crippen molar-refractivity contribution < 1.29 is 13.2 Å². The van der Waals surface area contributed by atoms with Crippen LogP contribution in [0.4, 0.5) is 0 Å². The molecule has 5 nitrogen and oxygen atoms in total. The second kappa shape index (κ2) is 8.42. The minimum absolute atomic E-state index is 0.0735. The first kappa shape index (κ1) is 19.9. The first-order valence-electron chi connectivity index (χ1n) is 9.02. The molecule has 1 aliphatic rings. The maximum absolute atomic E-state index is 12.8. The van der Waals surface area contributed by atoms with Gasteiger partial charge in [-0.2, -0.15) is 0 Å². The normalized spacial score (nSPS) is 17.7. The Morgan fingerprint density at radius 2 is 1.93 bits per heavy atom. The van der Waals surface area contributed by atoms with Crippen LogP contribution in [0.5, 0.6) is 0 Å². The standard InChI is InChI=1S/C20H23ClN2O3S/c1-15-7-5-6-12-23(15)20(24)17-10-11-18(21)19(13-17)27(25,26)22-14-16-8-3-2-4-9-16/h2-4,8-11,13,15,22H,5-7,12,14H2,1H3. The molecule has 1 unspecified atom stereocenters. The monoisotopic (exact) mass is 406 g/mol. The minimum atomic E-state index is -3.84. The molecule has 1 fully saturated rings. The summed E-state index contributed by atoms with van der Waals surface area (Å²) in [5.74, 6) is -0.154. The van der Waals surface area contributed by atoms with E-state index in [1.165, 1.54) is 12.1 Å². The number of nitrogens with one attached hydrogen (secondary N) is 1. The van der Waals surface area contributed by atoms with Crippen LogP contribution in [0, 0.1) is 0 Å². The van der Waals surface area contributed by atoms with E-state index in [1.54, 1.807) is 11.0 Å². The zero-order valence-electron chi connectivity index (χ0n) is 15.2. The van der Waals surface area contributed by atoms with Crippen molar-refractivity contribution in [3.05, 3.63) is 64.7 Å². The van der Waals surface area contributed by atoms with E-state index in [9.17, 15) is 13.2 Å². The SMILES string of the molecule is CC1CCCCN1C(=O)c1ccc(Cl)c(S(=O)(=O)NCc2ccccc2)c1. The fourth-order valence-corrected chi connectivity index (χ4v) is 4.80. The number of amides is 1. The van der Waals surface area contributed by atoms with Gasteiger partial charge in [-0.25, -0.2) is 13.1 Å². The van der Waals surface area contributed by atoms with Gasteiger partial charge in [0.2, 0.25) is 10.0 Å². The van der Waals surface area contributed by atoms with Crippen LogP contribution in [0.15, 0.2) is 53.4 Å². The Balaban J connectivity index is 1.82. The Bertz CT molecular complexity index is 916. The zero-order valence-corrected chi connectivity index (χ0v) is 16.8. The van der Waals surface area contributed by atoms with Crippen molar-refractivity contribution >= 4 is 27.5 Å². The Morgan fingerprint density at radius 1 is 1.19 bits per heavy atom. The molecule has 2 aromatic rings. The Morgan fingerprint density at radius 3 is 2.63 bits per heavy atom. The van der Waals surface area contributed by atoms with Crippen molar-refractivity contribution in [2.45, 2.75) is 43.7 Å². The fraction of sp³-hybridized carbons (Fsp3) is 0.350. The number of carbonyl (C=O) groups is 1. The van der Waals surface area contributed by atoms with Crippen LogP contribution in [-0.4, -0.2) is 31.8 Å². The summed E-state index contributed by atoms with van der Waals surface area (Å²) < 4.78 is 28.0. The number of hydrogen-bond acceptors (Lipinski definition) is 3. The molecule has 144 valence electrons. The van der Waals surface area contributed by atoms with Crippen LogP contribution in [-0.2, 0) is 16.6 Å². The molecule has 1 N–H and O–H groups in total. The summed E-state index contributed by atoms with van der Waals surface area (Å²) in [6, 6.07) is 13.8. The molecule has 0 bridgehead atoms. The van der Waals surface area contributed by atoms with Gasteiger partial charge < -0.3 is 4.90 Å². The number of benzene rings is 2. The highest BCUT2D eigenvalue weighted by Crippen LogP contribution is 2.25. The molecule has 27 heavy (non-hydrogen) atoms. The van der Waals surface area contributed by atoms with Gasteiger partial charge in [0.05, 0.1) is 5.02 Å². The summed E-state index contributed by atoms with van der Waals surface area (Å²) in [5.41, 5.74) is 1.18. The highest BCUT2D eigenvalue weighted by Gasteiger charge is 2.26. The van der Waals surface area contributed by atoms with Gasteiger partial charge in [0.25, 0.3) is 5.91 Å². The van der Waals surface area contributed by atoms with Crippen LogP contribution in [0.25, 0.3) is 0 Å². The van der Waals surface area contributed by atoms with Crippen molar-refractivity contribution in [3.8, 4) is 0 Å². The second-order valence-electron chi connectivity index (χ2n) is 6.80. The molecule has 1 heterocycles. The molecule has 1 aliphatic heterocycles. The van der Waals surface area contributed by atoms with E-state index in [2.05, 4.69) is 4.72 Å². The van der Waals surface area contributed by atoms with Gasteiger partial charge in [0.1, 0.15) is 4.90 Å². The summed E-state index contributed by atoms with van der Waals surface area (Å²) >= 11 is 6.14. The van der Waals surface area contributed by atoms with Crippen LogP contribution < -0.4 is 4.72 Å². The molecule has 3 rings (SSSR count). The summed E-state index contributed by atoms with van der Waals surface area (Å²) in [6.07, 6.45) is 3.03. The van der Waals surface area contributed by atoms with Crippen molar-refractivity contribution in [3.63, 3.8) is 0 Å². The minimum Gasteiger partial charge on any atom is -0.336 e. The highest BCUT2D eigenvalue weighted by molar-refractivity contribution is 7.89. The number of sulfonamides is 1. The smallest absolute Gasteiger partial charge is 0.254 e. The van der Waals surface area contributed by atoms with E-state index in [1.807, 2.05) is 37.3 Å². The molecule has 1 saturated heterocycles. The third kappa shape index (κ3) is 4.69. The number of likely N-dealkylation sites (tertiary alicyclic amines) is 1. The summed E-state index contributed by atoms with van der Waals surface area (Å²) in [4.78, 5) is 14.6. The molecule has 0 saturated carbocycles. The molecule has 1 atom stereocenters. The maximum Gasteiger partial charge on any atom is 0.254 e. The van der Waals surface area contributed by atoms with Crippen molar-refractivity contribution in [1.82, 2.24) is 9.62 Å². The quantitative estimate of drug-likeness (QED) is 0.820. The van der Waals surface area contributed by atoms with Gasteiger partial charge in [0, 0.05) is 24.7 Å². The lowest BCUT2D eigenvalue weighted by Gasteiger charge is -2.33. The fourth-order valence-electron chi connectivity index (χ4n) is 3.26. The van der Waals surface area contributed by atoms with Gasteiger partial charge in [-0.3, -0.25) is 4.79 Å². The number of hydrogen-bond donors (Lipinski definition) is 1. The predicted molar refractivity (Wildman–Crippen MR) is 106 cm³/mol. The lowest BCUT2D eigenvalue weighted by molar-refractivity contribution is 0.0635. The third-order valence-corrected chi connectivity index (χ3v) is 6.72. The topological polar surface area (TPSA) is 66.5 Å². The molecular formula is C20H23ClN2O3S. The number of carbonyl (C=O) groups excluding carboxylic acids is 1. The average Bonchev–Trinajstić information content (AvgIpc) is 2.67. The van der Waals surface area contributed by atoms with E-state index in [0.29, 0.717) is 12.1 Å². The van der Waals surface area contributed by atoms with Crippen molar-refractivity contribution in [1.29, 1.82) is 0 Å². The highest BCUT2D eigenvalue weighted by atomic mass is 35.5. The molecule has 0 radical (unpaired) electrons. The first-order valence-corrected chi connectivity index (χ1v) is 10.9. The van der Waals surface area contributed by atoms with E-state index in [0.717, 1.165) is 24.8 Å². The lowest BCUT2D eigenvalue weighted by atomic mass is 10.0. The third-order valence-electron chi connectivity index (χ3n) is 4.84. The van der Waals surface area contributed by atoms with Crippen molar-refractivity contribution in [2.75, 3.05) is 6.54 Å². The average molecular weight is 407 g/mol. The molecule has 7 heteroatoms. The Kier molecular flexibility index (Phi) is 6.19. The van der Waals surface area contributed by atoms with Gasteiger partial charge >= 0.3 is 0 Å². The molecule has 0 spiro atoms. The number of piperidine rings is 1. The second-order valence-corrected chi connectivity index (χ2v) is 8.94. The van der Waals surface area contributed by atoms with Crippen molar-refractivity contribution in [2.24, 2.45) is 0 Å². The summed E-state index contributed by atoms with van der Waals surface area (Å²) in [5, 5.41) is 0.0961. The van der Waals surface area contributed by atoms with Gasteiger partial charge in [-0.05, 0) is 49.9 Å². The van der Waals surface area contributed by atoms with E-state index >= 15 is 0 Å². The largest absolute Gasteiger partial charge is 0.336 e. The summed E-state index contributed by atoms with van der Waals surface area (Å²) in [6.45, 7) is 2.86. The number of halogens is 1. The maximum atomic E-state index is 12.8. The van der Waals surface area contributed by atoms with E-state index < -0.39 is 10.0 Å². The molecule has 1 amide bonds. The molecule has 2 aromatic carbocycles. The van der Waals surface area contributed by atoms with Crippen LogP contribution in [0.3, 0.4) is 0 Å². The van der Waals surface area contributed by atoms with Gasteiger partial charge in [-0.15, -0.1) is 0 Å². The predicted octanol–water partition coefficient (Wildman–Crippen LogP) is 3.83. The number of rotatable bonds is 5. The van der Waals surface area contributed by atoms with Crippen LogP contribution >= 0.6 is 11.6 Å². The lowest BCUT2D eigenvalue weighted by Crippen LogP contribution is -2.42. The van der Waals surface area contributed by atoms with Crippen LogP contribution in [0.1, 0.15) is 42.1 Å². The summed E-state index contributed by atoms with van der Waals surface area (Å²) in [7, 11) is -3.84. The van der Waals surface area contributed by atoms with Crippen LogP contribution in [0.2, 0.25) is 5.02 Å². The number of nitrogens with zero attached hydrogens (tertiary/aromatic N) is 1. The molecule has 0 aromatic heterocycles. The first-order chi connectivity index (χ1) is 12.9. The van der Waals surface area contributed by atoms with Gasteiger partial charge in [-0.1, -0.05) is 41.9 Å². The van der Waals surface area contributed by atoms with Gasteiger partial charge in [0.15, 0.2) is 0 Å². The zero-order chi connectivity index (χ0) is 19.4. The molecule has 0 aliphatic carbocycles. The van der Waals surface area contributed by atoms with E-state index in [-0.39, 0.29) is 28.4 Å².